The summed E-state index contributed by atoms with van der Waals surface area (Å²) in [6.45, 7) is 0.129. The summed E-state index contributed by atoms with van der Waals surface area (Å²) in [5.41, 5.74) is 1.81. The molecule has 6 heteroatoms. The molecular formula is C18H15FN2O2S. The van der Waals surface area contributed by atoms with Crippen LogP contribution in [0.2, 0.25) is 0 Å². The summed E-state index contributed by atoms with van der Waals surface area (Å²) in [5, 5.41) is 4.74. The van der Waals surface area contributed by atoms with Gasteiger partial charge in [-0.05, 0) is 41.3 Å². The molecule has 0 aliphatic rings. The summed E-state index contributed by atoms with van der Waals surface area (Å²) in [4.78, 5) is 17.2. The smallest absolute Gasteiger partial charge is 0.258 e. The van der Waals surface area contributed by atoms with Gasteiger partial charge < -0.3 is 10.1 Å². The van der Waals surface area contributed by atoms with Gasteiger partial charge in [0.25, 0.3) is 5.91 Å². The van der Waals surface area contributed by atoms with Crippen molar-refractivity contribution in [3.63, 3.8) is 0 Å². The number of thiophene rings is 1. The first kappa shape index (κ1) is 16.1. The molecule has 0 aliphatic carbocycles. The minimum Gasteiger partial charge on any atom is -0.481 e. The monoisotopic (exact) mass is 342 g/mol. The average molecular weight is 342 g/mol. The van der Waals surface area contributed by atoms with E-state index in [1.165, 1.54) is 12.1 Å². The zero-order chi connectivity index (χ0) is 16.8. The molecule has 0 bridgehead atoms. The third-order valence-corrected chi connectivity index (χ3v) is 4.18. The Kier molecular flexibility index (Phi) is 5.18. The molecule has 122 valence electrons. The standard InChI is InChI=1S/C18H15FN2O2S/c19-14-4-1-2-5-16(14)23-12-18(22)21-11-13-7-8-20-15(10-13)17-6-3-9-24-17/h1-10H,11-12H2,(H,21,22). The van der Waals surface area contributed by atoms with E-state index in [0.717, 1.165) is 16.1 Å². The van der Waals surface area contributed by atoms with Crippen LogP contribution in [-0.4, -0.2) is 17.5 Å². The molecule has 0 unspecified atom stereocenters. The first-order valence-electron chi connectivity index (χ1n) is 7.35. The molecule has 0 aliphatic heterocycles. The summed E-state index contributed by atoms with van der Waals surface area (Å²) >= 11 is 1.61. The van der Waals surface area contributed by atoms with E-state index in [1.807, 2.05) is 29.6 Å². The van der Waals surface area contributed by atoms with Crippen molar-refractivity contribution in [2.75, 3.05) is 6.61 Å². The Balaban J connectivity index is 1.53. The van der Waals surface area contributed by atoms with Crippen LogP contribution in [-0.2, 0) is 11.3 Å². The molecule has 0 fully saturated rings. The molecule has 0 saturated carbocycles. The van der Waals surface area contributed by atoms with Crippen molar-refractivity contribution in [2.24, 2.45) is 0 Å². The summed E-state index contributed by atoms with van der Waals surface area (Å²) in [5.74, 6) is -0.732. The largest absolute Gasteiger partial charge is 0.481 e. The Morgan fingerprint density at radius 3 is 2.88 bits per heavy atom. The minimum absolute atomic E-state index is 0.0662. The Morgan fingerprint density at radius 1 is 1.21 bits per heavy atom. The zero-order valence-corrected chi connectivity index (χ0v) is 13.6. The van der Waals surface area contributed by atoms with E-state index in [1.54, 1.807) is 29.7 Å². The summed E-state index contributed by atoms with van der Waals surface area (Å²) in [6, 6.07) is 13.7. The molecule has 0 radical (unpaired) electrons. The quantitative estimate of drug-likeness (QED) is 0.744. The fourth-order valence-electron chi connectivity index (χ4n) is 2.10. The van der Waals surface area contributed by atoms with E-state index < -0.39 is 5.82 Å². The van der Waals surface area contributed by atoms with Crippen molar-refractivity contribution < 1.29 is 13.9 Å². The van der Waals surface area contributed by atoms with Crippen molar-refractivity contribution in [3.05, 3.63) is 71.5 Å². The highest BCUT2D eigenvalue weighted by Crippen LogP contribution is 2.23. The van der Waals surface area contributed by atoms with Crippen LogP contribution in [0.5, 0.6) is 5.75 Å². The molecule has 3 rings (SSSR count). The van der Waals surface area contributed by atoms with Gasteiger partial charge in [-0.25, -0.2) is 4.39 Å². The third kappa shape index (κ3) is 4.17. The van der Waals surface area contributed by atoms with E-state index in [9.17, 15) is 9.18 Å². The molecule has 2 heterocycles. The average Bonchev–Trinajstić information content (AvgIpc) is 3.14. The number of carbonyl (C=O) groups is 1. The molecule has 0 atom stereocenters. The van der Waals surface area contributed by atoms with Crippen LogP contribution in [0.1, 0.15) is 5.56 Å². The lowest BCUT2D eigenvalue weighted by Crippen LogP contribution is -2.28. The lowest BCUT2D eigenvalue weighted by molar-refractivity contribution is -0.123. The number of nitrogens with one attached hydrogen (secondary N) is 1. The molecule has 4 nitrogen and oxygen atoms in total. The second-order valence-corrected chi connectivity index (χ2v) is 5.97. The number of pyridine rings is 1. The van der Waals surface area contributed by atoms with Gasteiger partial charge in [-0.2, -0.15) is 0 Å². The highest BCUT2D eigenvalue weighted by molar-refractivity contribution is 7.13. The van der Waals surface area contributed by atoms with Crippen molar-refractivity contribution in [1.82, 2.24) is 10.3 Å². The van der Waals surface area contributed by atoms with Gasteiger partial charge in [-0.15, -0.1) is 11.3 Å². The number of nitrogens with zero attached hydrogens (tertiary/aromatic N) is 1. The van der Waals surface area contributed by atoms with E-state index in [0.29, 0.717) is 6.54 Å². The van der Waals surface area contributed by atoms with Crippen LogP contribution in [0.4, 0.5) is 4.39 Å². The highest BCUT2D eigenvalue weighted by atomic mass is 32.1. The number of amides is 1. The van der Waals surface area contributed by atoms with E-state index in [-0.39, 0.29) is 18.3 Å². The lowest BCUT2D eigenvalue weighted by Gasteiger charge is -2.08. The van der Waals surface area contributed by atoms with Crippen LogP contribution in [0, 0.1) is 5.82 Å². The summed E-state index contributed by atoms with van der Waals surface area (Å²) < 4.78 is 18.6. The number of benzene rings is 1. The van der Waals surface area contributed by atoms with Gasteiger partial charge in [0, 0.05) is 12.7 Å². The topological polar surface area (TPSA) is 51.2 Å². The number of para-hydroxylation sites is 1. The van der Waals surface area contributed by atoms with Crippen LogP contribution >= 0.6 is 11.3 Å². The lowest BCUT2D eigenvalue weighted by atomic mass is 10.2. The number of halogens is 1. The highest BCUT2D eigenvalue weighted by Gasteiger charge is 2.07. The zero-order valence-electron chi connectivity index (χ0n) is 12.7. The SMILES string of the molecule is O=C(COc1ccccc1F)NCc1ccnc(-c2cccs2)c1. The summed E-state index contributed by atoms with van der Waals surface area (Å²) in [6.07, 6.45) is 1.71. The molecule has 1 N–H and O–H groups in total. The molecule has 0 saturated heterocycles. The molecule has 1 aromatic carbocycles. The normalized spacial score (nSPS) is 10.4. The fraction of sp³-hybridized carbons (Fsp3) is 0.111. The first-order chi connectivity index (χ1) is 11.7. The number of aromatic nitrogens is 1. The van der Waals surface area contributed by atoms with Crippen molar-refractivity contribution in [1.29, 1.82) is 0 Å². The minimum atomic E-state index is -0.486. The predicted octanol–water partition coefficient (Wildman–Crippen LogP) is 3.64. The maximum absolute atomic E-state index is 13.4. The Labute approximate surface area is 142 Å². The number of rotatable bonds is 6. The van der Waals surface area contributed by atoms with Gasteiger partial charge in [-0.3, -0.25) is 9.78 Å². The van der Waals surface area contributed by atoms with Crippen molar-refractivity contribution >= 4 is 17.2 Å². The van der Waals surface area contributed by atoms with Crippen LogP contribution in [0.15, 0.2) is 60.1 Å². The maximum atomic E-state index is 13.4. The Hall–Kier alpha value is -2.73. The fourth-order valence-corrected chi connectivity index (χ4v) is 2.79. The van der Waals surface area contributed by atoms with Gasteiger partial charge in [0.05, 0.1) is 10.6 Å². The van der Waals surface area contributed by atoms with Crippen molar-refractivity contribution in [3.8, 4) is 16.3 Å². The number of hydrogen-bond donors (Lipinski definition) is 1. The maximum Gasteiger partial charge on any atom is 0.258 e. The van der Waals surface area contributed by atoms with Gasteiger partial charge in [0.15, 0.2) is 18.2 Å². The van der Waals surface area contributed by atoms with Gasteiger partial charge in [0.2, 0.25) is 0 Å². The van der Waals surface area contributed by atoms with Crippen LogP contribution in [0.3, 0.4) is 0 Å². The molecule has 1 amide bonds. The Morgan fingerprint density at radius 2 is 2.08 bits per heavy atom. The third-order valence-electron chi connectivity index (χ3n) is 3.28. The second-order valence-electron chi connectivity index (χ2n) is 5.02. The van der Waals surface area contributed by atoms with Gasteiger partial charge in [-0.1, -0.05) is 18.2 Å². The van der Waals surface area contributed by atoms with Gasteiger partial charge >= 0.3 is 0 Å². The molecule has 2 aromatic heterocycles. The van der Waals surface area contributed by atoms with Crippen LogP contribution < -0.4 is 10.1 Å². The molecule has 0 spiro atoms. The Bertz CT molecular complexity index is 821. The first-order valence-corrected chi connectivity index (χ1v) is 8.23. The van der Waals surface area contributed by atoms with Gasteiger partial charge in [0.1, 0.15) is 0 Å². The molecule has 24 heavy (non-hydrogen) atoms. The molecular weight excluding hydrogens is 327 g/mol. The van der Waals surface area contributed by atoms with E-state index in [4.69, 9.17) is 4.74 Å². The number of hydrogen-bond acceptors (Lipinski definition) is 4. The van der Waals surface area contributed by atoms with Crippen molar-refractivity contribution in [2.45, 2.75) is 6.54 Å². The van der Waals surface area contributed by atoms with E-state index >= 15 is 0 Å². The predicted molar refractivity (Wildman–Crippen MR) is 91.3 cm³/mol. The van der Waals surface area contributed by atoms with Crippen LogP contribution in [0.25, 0.3) is 10.6 Å². The summed E-state index contributed by atoms with van der Waals surface area (Å²) in [7, 11) is 0. The second kappa shape index (κ2) is 7.70. The molecule has 3 aromatic rings. The van der Waals surface area contributed by atoms with E-state index in [2.05, 4.69) is 10.3 Å². The number of ether oxygens (including phenoxy) is 1. The number of carbonyl (C=O) groups excluding carboxylic acids is 1.